The summed E-state index contributed by atoms with van der Waals surface area (Å²) in [6.07, 6.45) is 0.706. The van der Waals surface area contributed by atoms with Gasteiger partial charge in [-0.05, 0) is 19.8 Å². The molecule has 0 heterocycles. The Balaban J connectivity index is 2.76. The third-order valence-corrected chi connectivity index (χ3v) is 2.77. The maximum absolute atomic E-state index is 13.7. The zero-order chi connectivity index (χ0) is 14.6. The first kappa shape index (κ1) is 15.6. The number of urea groups is 1. The summed E-state index contributed by atoms with van der Waals surface area (Å²) < 4.78 is 27.0. The molecule has 6 heteroatoms. The molecule has 0 bridgehead atoms. The summed E-state index contributed by atoms with van der Waals surface area (Å²) >= 11 is 0. The van der Waals surface area contributed by atoms with Crippen LogP contribution in [0.25, 0.3) is 0 Å². The molecular formula is C13H20F2N2O2. The number of allylic oxidation sites excluding steroid dienone is 4. The highest BCUT2D eigenvalue weighted by Crippen LogP contribution is 2.34. The van der Waals surface area contributed by atoms with Crippen LogP contribution in [0.5, 0.6) is 0 Å². The molecule has 1 unspecified atom stereocenters. The zero-order valence-corrected chi connectivity index (χ0v) is 11.6. The van der Waals surface area contributed by atoms with Crippen LogP contribution >= 0.6 is 0 Å². The molecule has 0 radical (unpaired) electrons. The number of nitrogens with one attached hydrogen (secondary N) is 2. The number of hydrogen-bond donors (Lipinski definition) is 2. The average molecular weight is 274 g/mol. The van der Waals surface area contributed by atoms with Gasteiger partial charge in [-0.25, -0.2) is 19.1 Å². The Morgan fingerprint density at radius 1 is 1.37 bits per heavy atom. The fourth-order valence-corrected chi connectivity index (χ4v) is 1.80. The van der Waals surface area contributed by atoms with E-state index < -0.39 is 23.6 Å². The fourth-order valence-electron chi connectivity index (χ4n) is 1.80. The van der Waals surface area contributed by atoms with Crippen molar-refractivity contribution in [1.82, 2.24) is 10.8 Å². The van der Waals surface area contributed by atoms with Crippen molar-refractivity contribution in [3.8, 4) is 0 Å². The zero-order valence-electron chi connectivity index (χ0n) is 11.6. The van der Waals surface area contributed by atoms with Crippen LogP contribution in [0.2, 0.25) is 0 Å². The summed E-state index contributed by atoms with van der Waals surface area (Å²) in [7, 11) is 0. The van der Waals surface area contributed by atoms with Crippen LogP contribution in [0, 0.1) is 11.8 Å². The van der Waals surface area contributed by atoms with E-state index >= 15 is 0 Å². The second kappa shape index (κ2) is 6.65. The molecule has 0 saturated heterocycles. The van der Waals surface area contributed by atoms with E-state index in [1.165, 1.54) is 0 Å². The van der Waals surface area contributed by atoms with E-state index in [0.717, 1.165) is 6.08 Å². The summed E-state index contributed by atoms with van der Waals surface area (Å²) in [5, 5.41) is 2.39. The molecule has 108 valence electrons. The maximum Gasteiger partial charge on any atom is 0.343 e. The molecule has 1 aliphatic carbocycles. The highest BCUT2D eigenvalue weighted by atomic mass is 19.1. The Hall–Kier alpha value is -1.43. The Morgan fingerprint density at radius 3 is 2.53 bits per heavy atom. The van der Waals surface area contributed by atoms with Gasteiger partial charge in [0.25, 0.3) is 0 Å². The summed E-state index contributed by atoms with van der Waals surface area (Å²) in [6.45, 7) is 7.19. The minimum absolute atomic E-state index is 0.00603. The first-order chi connectivity index (χ1) is 8.81. The number of carbonyl (C=O) groups excluding carboxylic acids is 1. The largest absolute Gasteiger partial charge is 0.343 e. The van der Waals surface area contributed by atoms with Gasteiger partial charge in [0, 0.05) is 18.4 Å². The minimum Gasteiger partial charge on any atom is -0.307 e. The standard InChI is InChI=1S/C13H20F2N2O2/c1-7(2)10-5-9(14)6-11(15)12(10)16-13(18)17-19-8(3)4/h6-8,10H,5H2,1-4H3,(H2,16,17,18). The normalized spacial score (nSPS) is 19.8. The number of hydroxylamine groups is 1. The van der Waals surface area contributed by atoms with Gasteiger partial charge in [-0.15, -0.1) is 0 Å². The van der Waals surface area contributed by atoms with Gasteiger partial charge in [0.2, 0.25) is 0 Å². The lowest BCUT2D eigenvalue weighted by molar-refractivity contribution is 0.0166. The van der Waals surface area contributed by atoms with Crippen LogP contribution in [-0.2, 0) is 4.84 Å². The Bertz CT molecular complexity index is 403. The summed E-state index contributed by atoms with van der Waals surface area (Å²) in [6, 6.07) is -0.666. The fraction of sp³-hybridized carbons (Fsp3) is 0.615. The Labute approximate surface area is 111 Å². The van der Waals surface area contributed by atoms with Crippen molar-refractivity contribution in [2.45, 2.75) is 40.2 Å². The first-order valence-corrected chi connectivity index (χ1v) is 6.29. The van der Waals surface area contributed by atoms with Gasteiger partial charge >= 0.3 is 6.03 Å². The van der Waals surface area contributed by atoms with E-state index in [2.05, 4.69) is 10.8 Å². The van der Waals surface area contributed by atoms with Crippen molar-refractivity contribution in [2.75, 3.05) is 0 Å². The summed E-state index contributed by atoms with van der Waals surface area (Å²) in [5.41, 5.74) is 2.25. The molecule has 1 aliphatic rings. The third kappa shape index (κ3) is 4.63. The van der Waals surface area contributed by atoms with Crippen LogP contribution in [0.15, 0.2) is 23.4 Å². The molecule has 0 fully saturated rings. The molecule has 1 rings (SSSR count). The molecule has 19 heavy (non-hydrogen) atoms. The predicted octanol–water partition coefficient (Wildman–Crippen LogP) is 3.34. The average Bonchev–Trinajstić information content (AvgIpc) is 2.29. The minimum atomic E-state index is -0.748. The smallest absolute Gasteiger partial charge is 0.307 e. The van der Waals surface area contributed by atoms with Gasteiger partial charge < -0.3 is 5.32 Å². The third-order valence-electron chi connectivity index (χ3n) is 2.77. The van der Waals surface area contributed by atoms with E-state index in [1.54, 1.807) is 13.8 Å². The second-order valence-corrected chi connectivity index (χ2v) is 5.13. The number of rotatable bonds is 4. The molecular weight excluding hydrogens is 254 g/mol. The van der Waals surface area contributed by atoms with Crippen molar-refractivity contribution in [3.05, 3.63) is 23.4 Å². The molecule has 0 aromatic heterocycles. The van der Waals surface area contributed by atoms with Gasteiger partial charge in [0.05, 0.1) is 11.8 Å². The molecule has 0 saturated carbocycles. The molecule has 4 nitrogen and oxygen atoms in total. The van der Waals surface area contributed by atoms with Crippen molar-refractivity contribution in [2.24, 2.45) is 11.8 Å². The number of halogens is 2. The maximum atomic E-state index is 13.7. The van der Waals surface area contributed by atoms with Crippen molar-refractivity contribution in [3.63, 3.8) is 0 Å². The Kier molecular flexibility index (Phi) is 5.47. The summed E-state index contributed by atoms with van der Waals surface area (Å²) in [4.78, 5) is 16.4. The van der Waals surface area contributed by atoms with Crippen LogP contribution in [0.4, 0.5) is 13.6 Å². The Morgan fingerprint density at radius 2 is 2.00 bits per heavy atom. The number of amides is 2. The van der Waals surface area contributed by atoms with Gasteiger partial charge in [-0.1, -0.05) is 13.8 Å². The van der Waals surface area contributed by atoms with Crippen molar-refractivity contribution in [1.29, 1.82) is 0 Å². The molecule has 2 N–H and O–H groups in total. The number of carbonyl (C=O) groups is 1. The van der Waals surface area contributed by atoms with Gasteiger partial charge in [-0.2, -0.15) is 0 Å². The van der Waals surface area contributed by atoms with Crippen LogP contribution in [-0.4, -0.2) is 12.1 Å². The van der Waals surface area contributed by atoms with E-state index in [4.69, 9.17) is 4.84 Å². The van der Waals surface area contributed by atoms with Gasteiger partial charge in [0.15, 0.2) is 0 Å². The van der Waals surface area contributed by atoms with E-state index in [-0.39, 0.29) is 24.1 Å². The van der Waals surface area contributed by atoms with Gasteiger partial charge in [0.1, 0.15) is 11.7 Å². The molecule has 0 aromatic carbocycles. The van der Waals surface area contributed by atoms with Crippen LogP contribution in [0.1, 0.15) is 34.1 Å². The first-order valence-electron chi connectivity index (χ1n) is 6.29. The molecule has 0 spiro atoms. The lowest BCUT2D eigenvalue weighted by atomic mass is 9.85. The lowest BCUT2D eigenvalue weighted by Crippen LogP contribution is -2.39. The highest BCUT2D eigenvalue weighted by molar-refractivity contribution is 5.75. The van der Waals surface area contributed by atoms with Crippen molar-refractivity contribution < 1.29 is 18.4 Å². The van der Waals surface area contributed by atoms with E-state index in [9.17, 15) is 13.6 Å². The highest BCUT2D eigenvalue weighted by Gasteiger charge is 2.28. The predicted molar refractivity (Wildman–Crippen MR) is 68.2 cm³/mol. The lowest BCUT2D eigenvalue weighted by Gasteiger charge is -2.27. The quantitative estimate of drug-likeness (QED) is 0.772. The second-order valence-electron chi connectivity index (χ2n) is 5.13. The van der Waals surface area contributed by atoms with Gasteiger partial charge in [-0.3, -0.25) is 4.84 Å². The molecule has 0 aliphatic heterocycles. The topological polar surface area (TPSA) is 50.4 Å². The van der Waals surface area contributed by atoms with Crippen molar-refractivity contribution >= 4 is 6.03 Å². The van der Waals surface area contributed by atoms with Crippen LogP contribution < -0.4 is 10.8 Å². The molecule has 0 aromatic rings. The number of hydrogen-bond acceptors (Lipinski definition) is 2. The summed E-state index contributed by atoms with van der Waals surface area (Å²) in [5.74, 6) is -1.65. The molecule has 2 amide bonds. The van der Waals surface area contributed by atoms with E-state index in [0.29, 0.717) is 0 Å². The van der Waals surface area contributed by atoms with E-state index in [1.807, 2.05) is 13.8 Å². The SMILES string of the molecule is CC(C)ONC(=O)NC1=C(F)C=C(F)CC1C(C)C. The molecule has 1 atom stereocenters. The van der Waals surface area contributed by atoms with Crippen LogP contribution in [0.3, 0.4) is 0 Å². The monoisotopic (exact) mass is 274 g/mol.